The van der Waals surface area contributed by atoms with Crippen LogP contribution in [0.15, 0.2) is 18.3 Å². The van der Waals surface area contributed by atoms with Crippen molar-refractivity contribution >= 4 is 21.7 Å². The lowest BCUT2D eigenvalue weighted by molar-refractivity contribution is -0.135. The highest BCUT2D eigenvalue weighted by Gasteiger charge is 2.40. The van der Waals surface area contributed by atoms with Gasteiger partial charge in [0.25, 0.3) is 5.91 Å². The molecule has 2 fully saturated rings. The van der Waals surface area contributed by atoms with E-state index < -0.39 is 27.9 Å². The van der Waals surface area contributed by atoms with Crippen molar-refractivity contribution < 1.29 is 23.1 Å². The Labute approximate surface area is 146 Å². The summed E-state index contributed by atoms with van der Waals surface area (Å²) in [7, 11) is -1.28. The highest BCUT2D eigenvalue weighted by molar-refractivity contribution is 7.91. The van der Waals surface area contributed by atoms with Gasteiger partial charge in [-0.1, -0.05) is 0 Å². The monoisotopic (exact) mass is 369 g/mol. The molecule has 0 aromatic carbocycles. The molecular formula is C16H23N3O5S. The van der Waals surface area contributed by atoms with Gasteiger partial charge in [-0.15, -0.1) is 0 Å². The van der Waals surface area contributed by atoms with Crippen molar-refractivity contribution in [3.63, 3.8) is 0 Å². The summed E-state index contributed by atoms with van der Waals surface area (Å²) in [6.45, 7) is 0.405. The van der Waals surface area contributed by atoms with Gasteiger partial charge in [0.15, 0.2) is 9.84 Å². The molecule has 2 aliphatic rings. The second kappa shape index (κ2) is 6.80. The van der Waals surface area contributed by atoms with Crippen LogP contribution >= 0.6 is 0 Å². The van der Waals surface area contributed by atoms with E-state index in [0.29, 0.717) is 12.1 Å². The maximum Gasteiger partial charge on any atom is 0.268 e. The molecule has 1 saturated carbocycles. The van der Waals surface area contributed by atoms with E-state index in [2.05, 4.69) is 5.32 Å². The maximum absolute atomic E-state index is 12.6. The first-order chi connectivity index (χ1) is 11.8. The summed E-state index contributed by atoms with van der Waals surface area (Å²) in [5.41, 5.74) is 0.489. The molecule has 138 valence electrons. The minimum absolute atomic E-state index is 0.0122. The Morgan fingerprint density at radius 1 is 1.24 bits per heavy atom. The topological polar surface area (TPSA) is 109 Å². The van der Waals surface area contributed by atoms with Gasteiger partial charge in [-0.2, -0.15) is 0 Å². The summed E-state index contributed by atoms with van der Waals surface area (Å²) in [4.78, 5) is 26.4. The molecule has 25 heavy (non-hydrogen) atoms. The predicted molar refractivity (Wildman–Crippen MR) is 90.6 cm³/mol. The van der Waals surface area contributed by atoms with E-state index >= 15 is 0 Å². The molecule has 0 spiro atoms. The molecule has 8 nitrogen and oxygen atoms in total. The summed E-state index contributed by atoms with van der Waals surface area (Å²) >= 11 is 0. The SMILES string of the molecule is Cn1cccc1C(=O)N[C@@H]1C[C@H](C(=O)N2CCS(=O)(=O)CC2)C[C@H]1O. The Bertz CT molecular complexity index is 758. The molecule has 1 aromatic rings. The van der Waals surface area contributed by atoms with Crippen molar-refractivity contribution in [1.82, 2.24) is 14.8 Å². The van der Waals surface area contributed by atoms with E-state index in [9.17, 15) is 23.1 Å². The number of rotatable bonds is 3. The van der Waals surface area contributed by atoms with Crippen molar-refractivity contribution in [1.29, 1.82) is 0 Å². The number of sulfone groups is 1. The van der Waals surface area contributed by atoms with E-state index in [4.69, 9.17) is 0 Å². The molecule has 1 saturated heterocycles. The minimum atomic E-state index is -3.04. The van der Waals surface area contributed by atoms with Crippen LogP contribution in [0.25, 0.3) is 0 Å². The van der Waals surface area contributed by atoms with Crippen LogP contribution in [-0.4, -0.2) is 71.5 Å². The summed E-state index contributed by atoms with van der Waals surface area (Å²) in [6.07, 6.45) is 1.61. The second-order valence-electron chi connectivity index (χ2n) is 6.80. The van der Waals surface area contributed by atoms with Crippen molar-refractivity contribution in [3.8, 4) is 0 Å². The Morgan fingerprint density at radius 3 is 2.52 bits per heavy atom. The minimum Gasteiger partial charge on any atom is -0.391 e. The van der Waals surface area contributed by atoms with Gasteiger partial charge in [0.1, 0.15) is 5.69 Å². The number of amides is 2. The number of aromatic nitrogens is 1. The summed E-state index contributed by atoms with van der Waals surface area (Å²) in [5, 5.41) is 13.0. The number of aryl methyl sites for hydroxylation is 1. The molecule has 1 aromatic heterocycles. The van der Waals surface area contributed by atoms with Crippen LogP contribution in [0.2, 0.25) is 0 Å². The van der Waals surface area contributed by atoms with Gasteiger partial charge in [0.2, 0.25) is 5.91 Å². The Kier molecular flexibility index (Phi) is 4.88. The fourth-order valence-corrected chi connectivity index (χ4v) is 4.70. The number of nitrogens with one attached hydrogen (secondary N) is 1. The molecule has 2 heterocycles. The van der Waals surface area contributed by atoms with Gasteiger partial charge in [0.05, 0.1) is 23.7 Å². The van der Waals surface area contributed by atoms with Crippen molar-refractivity contribution in [2.24, 2.45) is 13.0 Å². The Hall–Kier alpha value is -1.87. The average molecular weight is 369 g/mol. The third-order valence-corrected chi connectivity index (χ3v) is 6.64. The lowest BCUT2D eigenvalue weighted by atomic mass is 10.1. The van der Waals surface area contributed by atoms with E-state index in [-0.39, 0.29) is 42.8 Å². The largest absolute Gasteiger partial charge is 0.391 e. The smallest absolute Gasteiger partial charge is 0.268 e. The normalized spacial score (nSPS) is 28.7. The molecule has 1 aliphatic carbocycles. The molecule has 3 rings (SSSR count). The third kappa shape index (κ3) is 3.87. The third-order valence-electron chi connectivity index (χ3n) is 5.03. The molecule has 9 heteroatoms. The van der Waals surface area contributed by atoms with Crippen molar-refractivity contribution in [2.45, 2.75) is 25.0 Å². The second-order valence-corrected chi connectivity index (χ2v) is 9.10. The first kappa shape index (κ1) is 17.9. The maximum atomic E-state index is 12.6. The molecule has 0 radical (unpaired) electrons. The molecule has 1 aliphatic heterocycles. The zero-order valence-electron chi connectivity index (χ0n) is 14.1. The van der Waals surface area contributed by atoms with Gasteiger partial charge >= 0.3 is 0 Å². The zero-order valence-corrected chi connectivity index (χ0v) is 14.9. The summed E-state index contributed by atoms with van der Waals surface area (Å²) in [5.74, 6) is -0.837. The summed E-state index contributed by atoms with van der Waals surface area (Å²) < 4.78 is 24.6. The van der Waals surface area contributed by atoms with Gasteiger partial charge < -0.3 is 19.9 Å². The number of carbonyl (C=O) groups is 2. The van der Waals surface area contributed by atoms with E-state index in [1.807, 2.05) is 0 Å². The van der Waals surface area contributed by atoms with E-state index in [1.54, 1.807) is 34.8 Å². The molecular weight excluding hydrogens is 346 g/mol. The standard InChI is InChI=1S/C16H23N3O5S/c1-18-4-2-3-13(18)15(21)17-12-9-11(10-14(12)20)16(22)19-5-7-25(23,24)8-6-19/h2-4,11-12,14,20H,5-10H2,1H3,(H,17,21)/t11-,12+,14+/m0/s1. The van der Waals surface area contributed by atoms with Crippen LogP contribution in [0.3, 0.4) is 0 Å². The number of nitrogens with zero attached hydrogens (tertiary/aromatic N) is 2. The number of aliphatic hydroxyl groups is 1. The quantitative estimate of drug-likeness (QED) is 0.722. The van der Waals surface area contributed by atoms with Gasteiger partial charge in [-0.3, -0.25) is 9.59 Å². The first-order valence-electron chi connectivity index (χ1n) is 8.36. The van der Waals surface area contributed by atoms with Crippen LogP contribution in [0.1, 0.15) is 23.3 Å². The van der Waals surface area contributed by atoms with E-state index in [1.165, 1.54) is 0 Å². The van der Waals surface area contributed by atoms with Gasteiger partial charge in [-0.25, -0.2) is 8.42 Å². The highest BCUT2D eigenvalue weighted by Crippen LogP contribution is 2.28. The molecule has 2 amide bonds. The molecule has 0 bridgehead atoms. The van der Waals surface area contributed by atoms with Gasteiger partial charge in [-0.05, 0) is 25.0 Å². The Balaban J connectivity index is 1.59. The number of hydrogen-bond donors (Lipinski definition) is 2. The average Bonchev–Trinajstić information content (AvgIpc) is 3.13. The summed E-state index contributed by atoms with van der Waals surface area (Å²) in [6, 6.07) is 2.97. The van der Waals surface area contributed by atoms with E-state index in [0.717, 1.165) is 0 Å². The van der Waals surface area contributed by atoms with Crippen LogP contribution in [-0.2, 0) is 21.7 Å². The lowest BCUT2D eigenvalue weighted by Gasteiger charge is -2.29. The van der Waals surface area contributed by atoms with Crippen LogP contribution < -0.4 is 5.32 Å². The molecule has 3 atom stereocenters. The predicted octanol–water partition coefficient (Wildman–Crippen LogP) is -0.849. The fourth-order valence-electron chi connectivity index (χ4n) is 3.50. The lowest BCUT2D eigenvalue weighted by Crippen LogP contribution is -2.46. The molecule has 2 N–H and O–H groups in total. The fraction of sp³-hybridized carbons (Fsp3) is 0.625. The van der Waals surface area contributed by atoms with Crippen molar-refractivity contribution in [2.75, 3.05) is 24.6 Å². The highest BCUT2D eigenvalue weighted by atomic mass is 32.2. The van der Waals surface area contributed by atoms with Crippen LogP contribution in [0, 0.1) is 5.92 Å². The molecule has 0 unspecified atom stereocenters. The van der Waals surface area contributed by atoms with Gasteiger partial charge in [0, 0.05) is 32.3 Å². The zero-order chi connectivity index (χ0) is 18.2. The Morgan fingerprint density at radius 2 is 1.92 bits per heavy atom. The number of hydrogen-bond acceptors (Lipinski definition) is 5. The van der Waals surface area contributed by atoms with Crippen LogP contribution in [0.5, 0.6) is 0 Å². The number of aliphatic hydroxyl groups excluding tert-OH is 1. The first-order valence-corrected chi connectivity index (χ1v) is 10.2. The van der Waals surface area contributed by atoms with Crippen LogP contribution in [0.4, 0.5) is 0 Å². The van der Waals surface area contributed by atoms with Crippen molar-refractivity contribution in [3.05, 3.63) is 24.0 Å². The number of carbonyl (C=O) groups excluding carboxylic acids is 2.